The minimum Gasteiger partial charge on any atom is -0.341 e. The van der Waals surface area contributed by atoms with Crippen LogP contribution in [-0.4, -0.2) is 34.9 Å². The van der Waals surface area contributed by atoms with Crippen LogP contribution in [0.3, 0.4) is 0 Å². The largest absolute Gasteiger partial charge is 0.341 e. The molecule has 126 valence electrons. The molecule has 1 aliphatic rings. The Morgan fingerprint density at radius 3 is 2.78 bits per heavy atom. The molecule has 1 aromatic rings. The van der Waals surface area contributed by atoms with Gasteiger partial charge in [-0.25, -0.2) is 0 Å². The van der Waals surface area contributed by atoms with Gasteiger partial charge in [-0.2, -0.15) is 5.26 Å². The molecule has 0 aromatic carbocycles. The molecule has 2 heterocycles. The van der Waals surface area contributed by atoms with Crippen molar-refractivity contribution < 1.29 is 4.79 Å². The number of rotatable bonds is 3. The van der Waals surface area contributed by atoms with Crippen molar-refractivity contribution in [2.45, 2.75) is 45.6 Å². The van der Waals surface area contributed by atoms with E-state index in [1.54, 1.807) is 13.8 Å². The third kappa shape index (κ3) is 4.34. The molecule has 1 aliphatic heterocycles. The van der Waals surface area contributed by atoms with Crippen LogP contribution >= 0.6 is 12.4 Å². The van der Waals surface area contributed by atoms with Crippen molar-refractivity contribution in [3.8, 4) is 6.07 Å². The van der Waals surface area contributed by atoms with E-state index in [0.717, 1.165) is 30.6 Å². The molecule has 0 radical (unpaired) electrons. The number of amides is 1. The summed E-state index contributed by atoms with van der Waals surface area (Å²) < 4.78 is 0. The summed E-state index contributed by atoms with van der Waals surface area (Å²) in [7, 11) is 0. The molecular formula is C16H23ClN4O2. The summed E-state index contributed by atoms with van der Waals surface area (Å²) in [5.41, 5.74) is 7.95. The lowest BCUT2D eigenvalue weighted by Gasteiger charge is -2.31. The third-order valence-corrected chi connectivity index (χ3v) is 4.32. The van der Waals surface area contributed by atoms with Crippen LogP contribution in [0.1, 0.15) is 41.6 Å². The van der Waals surface area contributed by atoms with Crippen LogP contribution in [-0.2, 0) is 11.2 Å². The summed E-state index contributed by atoms with van der Waals surface area (Å²) in [6.45, 7) is 4.94. The van der Waals surface area contributed by atoms with E-state index in [1.807, 2.05) is 11.0 Å². The number of aryl methyl sites for hydroxylation is 1. The van der Waals surface area contributed by atoms with Gasteiger partial charge in [0.25, 0.3) is 5.56 Å². The summed E-state index contributed by atoms with van der Waals surface area (Å²) in [6.07, 6.45) is 2.80. The Labute approximate surface area is 142 Å². The number of nitrogens with zero attached hydrogens (tertiary/aromatic N) is 2. The standard InChI is InChI=1S/C16H22N4O2.ClH/c1-10-13(11(2)19-16(22)14(10)8-17)5-6-15(21)20-7-3-4-12(18)9-20;/h12H,3-7,9,18H2,1-2H3,(H,19,22);1H. The first kappa shape index (κ1) is 19.2. The smallest absolute Gasteiger partial charge is 0.266 e. The number of halogens is 1. The zero-order valence-electron chi connectivity index (χ0n) is 13.5. The highest BCUT2D eigenvalue weighted by molar-refractivity contribution is 5.85. The number of nitriles is 1. The molecule has 1 atom stereocenters. The zero-order valence-corrected chi connectivity index (χ0v) is 14.3. The predicted octanol–water partition coefficient (Wildman–Crippen LogP) is 1.17. The highest BCUT2D eigenvalue weighted by Gasteiger charge is 2.21. The highest BCUT2D eigenvalue weighted by atomic mass is 35.5. The lowest BCUT2D eigenvalue weighted by Crippen LogP contribution is -2.45. The van der Waals surface area contributed by atoms with Gasteiger partial charge in [-0.05, 0) is 44.2 Å². The normalized spacial score (nSPS) is 17.3. The van der Waals surface area contributed by atoms with Crippen LogP contribution in [0.5, 0.6) is 0 Å². The Hall–Kier alpha value is -1.84. The molecule has 0 spiro atoms. The molecule has 1 fully saturated rings. The molecule has 0 aliphatic carbocycles. The number of nitrogens with two attached hydrogens (primary N) is 1. The van der Waals surface area contributed by atoms with Crippen LogP contribution in [0.4, 0.5) is 0 Å². The first-order valence-electron chi connectivity index (χ1n) is 7.59. The fourth-order valence-electron chi connectivity index (χ4n) is 3.05. The number of hydrogen-bond donors (Lipinski definition) is 2. The maximum absolute atomic E-state index is 12.3. The predicted molar refractivity (Wildman–Crippen MR) is 90.6 cm³/mol. The van der Waals surface area contributed by atoms with Gasteiger partial charge in [-0.15, -0.1) is 12.4 Å². The van der Waals surface area contributed by atoms with E-state index in [9.17, 15) is 9.59 Å². The van der Waals surface area contributed by atoms with Crippen molar-refractivity contribution in [3.05, 3.63) is 32.7 Å². The number of H-pyrrole nitrogens is 1. The Balaban J connectivity index is 0.00000264. The Morgan fingerprint density at radius 1 is 1.48 bits per heavy atom. The van der Waals surface area contributed by atoms with Crippen molar-refractivity contribution in [1.29, 1.82) is 5.26 Å². The number of nitrogens with one attached hydrogen (secondary N) is 1. The van der Waals surface area contributed by atoms with Gasteiger partial charge in [0.05, 0.1) is 0 Å². The average molecular weight is 339 g/mol. The zero-order chi connectivity index (χ0) is 16.3. The van der Waals surface area contributed by atoms with E-state index in [4.69, 9.17) is 11.0 Å². The van der Waals surface area contributed by atoms with Gasteiger partial charge in [-0.1, -0.05) is 0 Å². The second-order valence-corrected chi connectivity index (χ2v) is 5.91. The van der Waals surface area contributed by atoms with Crippen molar-refractivity contribution in [2.75, 3.05) is 13.1 Å². The number of piperidine rings is 1. The number of aromatic amines is 1. The minimum atomic E-state index is -0.366. The Kier molecular flexibility index (Phi) is 6.79. The Morgan fingerprint density at radius 2 is 2.17 bits per heavy atom. The van der Waals surface area contributed by atoms with Gasteiger partial charge in [0.15, 0.2) is 0 Å². The Bertz CT molecular complexity index is 678. The molecule has 1 aromatic heterocycles. The first-order chi connectivity index (χ1) is 10.4. The number of aromatic nitrogens is 1. The van der Waals surface area contributed by atoms with Crippen LogP contribution in [0.25, 0.3) is 0 Å². The molecule has 1 amide bonds. The van der Waals surface area contributed by atoms with Crippen molar-refractivity contribution >= 4 is 18.3 Å². The molecule has 0 bridgehead atoms. The van der Waals surface area contributed by atoms with Crippen LogP contribution < -0.4 is 11.3 Å². The van der Waals surface area contributed by atoms with E-state index in [2.05, 4.69) is 4.98 Å². The number of likely N-dealkylation sites (tertiary alicyclic amines) is 1. The van der Waals surface area contributed by atoms with Crippen molar-refractivity contribution in [1.82, 2.24) is 9.88 Å². The summed E-state index contributed by atoms with van der Waals surface area (Å²) in [5.74, 6) is 0.0821. The molecular weight excluding hydrogens is 316 g/mol. The number of carbonyl (C=O) groups excluding carboxylic acids is 1. The maximum atomic E-state index is 12.3. The lowest BCUT2D eigenvalue weighted by atomic mass is 9.98. The van der Waals surface area contributed by atoms with Crippen molar-refractivity contribution in [2.24, 2.45) is 5.73 Å². The minimum absolute atomic E-state index is 0. The third-order valence-electron chi connectivity index (χ3n) is 4.32. The number of carbonyl (C=O) groups is 1. The van der Waals surface area contributed by atoms with Gasteiger partial charge >= 0.3 is 0 Å². The summed E-state index contributed by atoms with van der Waals surface area (Å²) in [4.78, 5) is 28.5. The SMILES string of the molecule is Cc1[nH]c(=O)c(C#N)c(C)c1CCC(=O)N1CCCC(N)C1.Cl. The topological polar surface area (TPSA) is 103 Å². The fraction of sp³-hybridized carbons (Fsp3) is 0.562. The monoisotopic (exact) mass is 338 g/mol. The van der Waals surface area contributed by atoms with Gasteiger partial charge < -0.3 is 15.6 Å². The number of pyridine rings is 1. The van der Waals surface area contributed by atoms with Gasteiger partial charge in [-0.3, -0.25) is 9.59 Å². The van der Waals surface area contributed by atoms with E-state index in [0.29, 0.717) is 24.9 Å². The lowest BCUT2D eigenvalue weighted by molar-refractivity contribution is -0.132. The fourth-order valence-corrected chi connectivity index (χ4v) is 3.05. The average Bonchev–Trinajstić information content (AvgIpc) is 2.46. The van der Waals surface area contributed by atoms with E-state index in [1.165, 1.54) is 0 Å². The number of hydrogen-bond acceptors (Lipinski definition) is 4. The van der Waals surface area contributed by atoms with Crippen LogP contribution in [0.2, 0.25) is 0 Å². The van der Waals surface area contributed by atoms with E-state index >= 15 is 0 Å². The quantitative estimate of drug-likeness (QED) is 0.863. The van der Waals surface area contributed by atoms with Gasteiger partial charge in [0, 0.05) is 31.2 Å². The summed E-state index contributed by atoms with van der Waals surface area (Å²) in [5, 5.41) is 9.07. The molecule has 2 rings (SSSR count). The first-order valence-corrected chi connectivity index (χ1v) is 7.59. The van der Waals surface area contributed by atoms with Crippen molar-refractivity contribution in [3.63, 3.8) is 0 Å². The van der Waals surface area contributed by atoms with Crippen LogP contribution in [0.15, 0.2) is 4.79 Å². The molecule has 23 heavy (non-hydrogen) atoms. The van der Waals surface area contributed by atoms with Gasteiger partial charge in [0.2, 0.25) is 5.91 Å². The second-order valence-electron chi connectivity index (χ2n) is 5.91. The maximum Gasteiger partial charge on any atom is 0.266 e. The van der Waals surface area contributed by atoms with E-state index in [-0.39, 0.29) is 35.5 Å². The molecule has 7 heteroatoms. The van der Waals surface area contributed by atoms with Crippen LogP contribution in [0, 0.1) is 25.2 Å². The summed E-state index contributed by atoms with van der Waals surface area (Å²) >= 11 is 0. The summed E-state index contributed by atoms with van der Waals surface area (Å²) in [6, 6.07) is 2.00. The highest BCUT2D eigenvalue weighted by Crippen LogP contribution is 2.16. The van der Waals surface area contributed by atoms with E-state index < -0.39 is 0 Å². The molecule has 6 nitrogen and oxygen atoms in total. The molecule has 0 saturated carbocycles. The molecule has 1 unspecified atom stereocenters. The van der Waals surface area contributed by atoms with Gasteiger partial charge in [0.1, 0.15) is 11.6 Å². The molecule has 3 N–H and O–H groups in total. The molecule has 1 saturated heterocycles. The second kappa shape index (κ2) is 8.14.